The molecule has 1 spiro atoms. The van der Waals surface area contributed by atoms with Gasteiger partial charge in [-0.25, -0.2) is 0 Å². The molecule has 1 saturated carbocycles. The molecule has 1 aliphatic carbocycles. The SMILES string of the molecule is C=CCCC(=O)NC[C@H](C)OC(=O)[C@@H]1[C@@H]2CC[C@]3(O2)[C@H](C(=O)N(CC=C)C2CCCCC2)N([C@@H](CO)C(C)C)C(=O)[C@@H]13. The van der Waals surface area contributed by atoms with E-state index in [1.54, 1.807) is 24.0 Å². The average molecular weight is 588 g/mol. The van der Waals surface area contributed by atoms with Crippen LogP contribution in [0.1, 0.15) is 78.6 Å². The lowest BCUT2D eigenvalue weighted by atomic mass is 9.70. The maximum absolute atomic E-state index is 14.6. The molecule has 234 valence electrons. The van der Waals surface area contributed by atoms with Gasteiger partial charge in [-0.1, -0.05) is 45.3 Å². The normalized spacial score (nSPS) is 30.1. The van der Waals surface area contributed by atoms with Gasteiger partial charge in [0.25, 0.3) is 0 Å². The van der Waals surface area contributed by atoms with Crippen LogP contribution in [0, 0.1) is 17.8 Å². The molecule has 0 unspecified atom stereocenters. The van der Waals surface area contributed by atoms with Crippen molar-refractivity contribution in [3.05, 3.63) is 25.3 Å². The highest BCUT2D eigenvalue weighted by molar-refractivity contribution is 5.98. The molecule has 0 aromatic carbocycles. The molecular weight excluding hydrogens is 538 g/mol. The fraction of sp³-hybridized carbons (Fsp3) is 0.750. The fourth-order valence-electron chi connectivity index (χ4n) is 7.62. The van der Waals surface area contributed by atoms with Crippen LogP contribution in [0.2, 0.25) is 0 Å². The molecule has 4 aliphatic rings. The van der Waals surface area contributed by atoms with Crippen LogP contribution in [-0.2, 0) is 28.7 Å². The minimum Gasteiger partial charge on any atom is -0.460 e. The van der Waals surface area contributed by atoms with Crippen LogP contribution < -0.4 is 5.32 Å². The number of aliphatic hydroxyl groups excluding tert-OH is 1. The Morgan fingerprint density at radius 3 is 2.50 bits per heavy atom. The maximum Gasteiger partial charge on any atom is 0.312 e. The van der Waals surface area contributed by atoms with Gasteiger partial charge in [0, 0.05) is 19.0 Å². The molecule has 7 atom stereocenters. The van der Waals surface area contributed by atoms with Gasteiger partial charge in [-0.2, -0.15) is 0 Å². The molecule has 2 N–H and O–H groups in total. The summed E-state index contributed by atoms with van der Waals surface area (Å²) >= 11 is 0. The Balaban J connectivity index is 1.62. The smallest absolute Gasteiger partial charge is 0.312 e. The number of amides is 3. The van der Waals surface area contributed by atoms with E-state index in [9.17, 15) is 24.3 Å². The van der Waals surface area contributed by atoms with Gasteiger partial charge in [0.2, 0.25) is 17.7 Å². The number of nitrogens with zero attached hydrogens (tertiary/aromatic N) is 2. The Morgan fingerprint density at radius 1 is 1.17 bits per heavy atom. The molecule has 3 aliphatic heterocycles. The van der Waals surface area contributed by atoms with Crippen LogP contribution in [0.3, 0.4) is 0 Å². The summed E-state index contributed by atoms with van der Waals surface area (Å²) in [5.41, 5.74) is -1.17. The van der Waals surface area contributed by atoms with Gasteiger partial charge in [-0.15, -0.1) is 13.2 Å². The van der Waals surface area contributed by atoms with Crippen molar-refractivity contribution in [2.75, 3.05) is 19.7 Å². The lowest BCUT2D eigenvalue weighted by Crippen LogP contribution is -2.61. The highest BCUT2D eigenvalue weighted by Crippen LogP contribution is 2.59. The van der Waals surface area contributed by atoms with E-state index in [2.05, 4.69) is 18.5 Å². The summed E-state index contributed by atoms with van der Waals surface area (Å²) in [4.78, 5) is 58.0. The van der Waals surface area contributed by atoms with Crippen LogP contribution in [0.15, 0.2) is 25.3 Å². The molecule has 42 heavy (non-hydrogen) atoms. The standard InChI is InChI=1S/C32H49N3O7/c1-6-8-14-25(37)33-18-21(5)41-31(40)26-24-15-16-32(42-24)27(26)29(38)35(23(19-36)20(3)4)28(32)30(39)34(17-7-2)22-12-10-9-11-13-22/h6-7,20-24,26-28,36H,1-2,8-19H2,3-5H3,(H,33,37)/t21-,23-,24-,26+,27+,28-,32+/m0/s1. The van der Waals surface area contributed by atoms with Crippen LogP contribution in [0.5, 0.6) is 0 Å². The van der Waals surface area contributed by atoms with Crippen LogP contribution in [-0.4, -0.2) is 94.2 Å². The second-order valence-corrected chi connectivity index (χ2v) is 12.7. The Labute approximate surface area is 249 Å². The zero-order valence-corrected chi connectivity index (χ0v) is 25.5. The number of rotatable bonds is 14. The number of carbonyl (C=O) groups is 4. The van der Waals surface area contributed by atoms with E-state index in [4.69, 9.17) is 9.47 Å². The predicted molar refractivity (Wildman–Crippen MR) is 157 cm³/mol. The van der Waals surface area contributed by atoms with Crippen LogP contribution in [0.25, 0.3) is 0 Å². The molecule has 3 amide bonds. The van der Waals surface area contributed by atoms with Gasteiger partial charge < -0.3 is 29.7 Å². The first-order valence-corrected chi connectivity index (χ1v) is 15.7. The van der Waals surface area contributed by atoms with Crippen molar-refractivity contribution >= 4 is 23.7 Å². The number of ether oxygens (including phenoxy) is 2. The van der Waals surface area contributed by atoms with Gasteiger partial charge in [-0.05, 0) is 44.9 Å². The van der Waals surface area contributed by atoms with Crippen molar-refractivity contribution < 1.29 is 33.8 Å². The summed E-state index contributed by atoms with van der Waals surface area (Å²) in [6.07, 6.45) is 9.11. The second-order valence-electron chi connectivity index (χ2n) is 12.7. The zero-order chi connectivity index (χ0) is 30.6. The minimum absolute atomic E-state index is 0.0465. The number of carbonyl (C=O) groups excluding carboxylic acids is 4. The van der Waals surface area contributed by atoms with Crippen molar-refractivity contribution in [3.8, 4) is 0 Å². The van der Waals surface area contributed by atoms with E-state index in [1.165, 1.54) is 0 Å². The highest BCUT2D eigenvalue weighted by atomic mass is 16.6. The molecule has 4 fully saturated rings. The van der Waals surface area contributed by atoms with Crippen molar-refractivity contribution in [1.82, 2.24) is 15.1 Å². The Bertz CT molecular complexity index is 1040. The van der Waals surface area contributed by atoms with E-state index in [1.807, 2.05) is 18.7 Å². The van der Waals surface area contributed by atoms with Crippen molar-refractivity contribution in [2.45, 2.75) is 114 Å². The molecule has 3 saturated heterocycles. The summed E-state index contributed by atoms with van der Waals surface area (Å²) < 4.78 is 12.3. The number of fused-ring (bicyclic) bond motifs is 1. The summed E-state index contributed by atoms with van der Waals surface area (Å²) in [5.74, 6) is -3.11. The lowest BCUT2D eigenvalue weighted by molar-refractivity contribution is -0.160. The highest BCUT2D eigenvalue weighted by Gasteiger charge is 2.76. The fourth-order valence-corrected chi connectivity index (χ4v) is 7.62. The number of esters is 1. The molecule has 0 radical (unpaired) electrons. The summed E-state index contributed by atoms with van der Waals surface area (Å²) in [6, 6.07) is -1.50. The summed E-state index contributed by atoms with van der Waals surface area (Å²) in [6.45, 7) is 13.2. The third kappa shape index (κ3) is 6.02. The summed E-state index contributed by atoms with van der Waals surface area (Å²) in [7, 11) is 0. The third-order valence-electron chi connectivity index (χ3n) is 9.66. The van der Waals surface area contributed by atoms with Gasteiger partial charge in [0.1, 0.15) is 17.7 Å². The monoisotopic (exact) mass is 587 g/mol. The number of hydrogen-bond donors (Lipinski definition) is 2. The topological polar surface area (TPSA) is 125 Å². The first kappa shape index (κ1) is 32.2. The first-order valence-electron chi connectivity index (χ1n) is 15.7. The number of aliphatic hydroxyl groups is 1. The molecule has 2 bridgehead atoms. The Hall–Kier alpha value is -2.72. The van der Waals surface area contributed by atoms with Crippen LogP contribution in [0.4, 0.5) is 0 Å². The Morgan fingerprint density at radius 2 is 1.88 bits per heavy atom. The van der Waals surface area contributed by atoms with Crippen molar-refractivity contribution in [2.24, 2.45) is 17.8 Å². The minimum atomic E-state index is -1.17. The number of hydrogen-bond acceptors (Lipinski definition) is 7. The number of allylic oxidation sites excluding steroid dienone is 1. The molecule has 4 rings (SSSR count). The summed E-state index contributed by atoms with van der Waals surface area (Å²) in [5, 5.41) is 13.2. The Kier molecular flexibility index (Phi) is 10.5. The van der Waals surface area contributed by atoms with Gasteiger partial charge in [0.15, 0.2) is 0 Å². The van der Waals surface area contributed by atoms with Gasteiger partial charge in [0.05, 0.1) is 37.1 Å². The van der Waals surface area contributed by atoms with E-state index in [-0.39, 0.29) is 42.8 Å². The van der Waals surface area contributed by atoms with E-state index in [0.29, 0.717) is 32.2 Å². The molecule has 0 aromatic rings. The quantitative estimate of drug-likeness (QED) is 0.237. The van der Waals surface area contributed by atoms with Crippen LogP contribution >= 0.6 is 0 Å². The maximum atomic E-state index is 14.6. The van der Waals surface area contributed by atoms with E-state index in [0.717, 1.165) is 32.1 Å². The first-order chi connectivity index (χ1) is 20.1. The molecular formula is C32H49N3O7. The number of likely N-dealkylation sites (tertiary alicyclic amines) is 1. The molecule has 10 nitrogen and oxygen atoms in total. The zero-order valence-electron chi connectivity index (χ0n) is 25.5. The lowest BCUT2D eigenvalue weighted by Gasteiger charge is -2.43. The second kappa shape index (κ2) is 13.7. The largest absolute Gasteiger partial charge is 0.460 e. The van der Waals surface area contributed by atoms with E-state index >= 15 is 0 Å². The molecule has 3 heterocycles. The molecule has 0 aromatic heterocycles. The average Bonchev–Trinajstić information content (AvgIpc) is 3.61. The third-order valence-corrected chi connectivity index (χ3v) is 9.66. The van der Waals surface area contributed by atoms with E-state index < -0.39 is 47.7 Å². The van der Waals surface area contributed by atoms with Gasteiger partial charge in [-0.3, -0.25) is 19.2 Å². The van der Waals surface area contributed by atoms with Crippen molar-refractivity contribution in [3.63, 3.8) is 0 Å². The predicted octanol–water partition coefficient (Wildman–Crippen LogP) is 2.74. The van der Waals surface area contributed by atoms with Gasteiger partial charge >= 0.3 is 5.97 Å². The molecule has 10 heteroatoms. The van der Waals surface area contributed by atoms with Crippen molar-refractivity contribution in [1.29, 1.82) is 0 Å². The number of nitrogens with one attached hydrogen (secondary N) is 1.